The van der Waals surface area contributed by atoms with Gasteiger partial charge < -0.3 is 4.74 Å². The summed E-state index contributed by atoms with van der Waals surface area (Å²) in [6.45, 7) is 0. The van der Waals surface area contributed by atoms with E-state index in [-0.39, 0.29) is 11.6 Å². The lowest BCUT2D eigenvalue weighted by Crippen LogP contribution is -1.89. The van der Waals surface area contributed by atoms with Gasteiger partial charge in [0.25, 0.3) is 0 Å². The highest BCUT2D eigenvalue weighted by atomic mass is 32.1. The van der Waals surface area contributed by atoms with Crippen molar-refractivity contribution in [3.63, 3.8) is 0 Å². The summed E-state index contributed by atoms with van der Waals surface area (Å²) in [4.78, 5) is 9.26. The summed E-state index contributed by atoms with van der Waals surface area (Å²) in [5, 5.41) is 3.96. The number of rotatable bonds is 4. The van der Waals surface area contributed by atoms with Crippen LogP contribution >= 0.6 is 22.7 Å². The number of thiazole rings is 2. The number of hydrogen-bond acceptors (Lipinski definition) is 5. The highest BCUT2D eigenvalue weighted by Crippen LogP contribution is 2.29. The summed E-state index contributed by atoms with van der Waals surface area (Å²) in [5.74, 6) is -0.139. The molecule has 0 spiro atoms. The van der Waals surface area contributed by atoms with Crippen molar-refractivity contribution >= 4 is 32.9 Å². The van der Waals surface area contributed by atoms with Gasteiger partial charge in [0.2, 0.25) is 0 Å². The van der Waals surface area contributed by atoms with E-state index in [2.05, 4.69) is 16.0 Å². The Balaban J connectivity index is 1.59. The predicted molar refractivity (Wildman–Crippen MR) is 96.5 cm³/mol. The molecule has 2 aromatic carbocycles. The fourth-order valence-electron chi connectivity index (χ4n) is 2.48. The molecule has 2 heterocycles. The molecule has 0 saturated carbocycles. The van der Waals surface area contributed by atoms with Gasteiger partial charge in [-0.05, 0) is 30.3 Å². The Kier molecular flexibility index (Phi) is 4.00. The van der Waals surface area contributed by atoms with E-state index in [1.54, 1.807) is 28.7 Å². The molecule has 24 heavy (non-hydrogen) atoms. The maximum atomic E-state index is 13.9. The van der Waals surface area contributed by atoms with Crippen molar-refractivity contribution in [2.24, 2.45) is 0 Å². The Morgan fingerprint density at radius 1 is 1.08 bits per heavy atom. The molecule has 0 aliphatic rings. The van der Waals surface area contributed by atoms with Gasteiger partial charge in [-0.25, -0.2) is 14.4 Å². The highest BCUT2D eigenvalue weighted by Gasteiger charge is 2.11. The number of fused-ring (bicyclic) bond motifs is 1. The Morgan fingerprint density at radius 2 is 1.96 bits per heavy atom. The largest absolute Gasteiger partial charge is 0.494 e. The first-order valence-corrected chi connectivity index (χ1v) is 9.05. The molecule has 2 aromatic heterocycles. The van der Waals surface area contributed by atoms with E-state index < -0.39 is 0 Å². The molecule has 0 saturated heterocycles. The molecule has 0 N–H and O–H groups in total. The van der Waals surface area contributed by atoms with E-state index in [9.17, 15) is 4.39 Å². The van der Waals surface area contributed by atoms with Crippen molar-refractivity contribution in [1.29, 1.82) is 0 Å². The molecule has 6 heteroatoms. The molecule has 4 rings (SSSR count). The van der Waals surface area contributed by atoms with Gasteiger partial charge in [-0.1, -0.05) is 12.1 Å². The topological polar surface area (TPSA) is 35.0 Å². The van der Waals surface area contributed by atoms with E-state index in [1.165, 1.54) is 17.9 Å². The smallest absolute Gasteiger partial charge is 0.165 e. The summed E-state index contributed by atoms with van der Waals surface area (Å²) in [7, 11) is 1.46. The van der Waals surface area contributed by atoms with E-state index >= 15 is 0 Å². The maximum absolute atomic E-state index is 13.9. The van der Waals surface area contributed by atoms with Crippen LogP contribution in [0.25, 0.3) is 21.5 Å². The number of para-hydroxylation sites is 1. The van der Waals surface area contributed by atoms with Crippen LogP contribution in [0.2, 0.25) is 0 Å². The SMILES string of the molecule is COc1ccc(-c2csc(Cc3nc4ccccc4s3)n2)cc1F. The second kappa shape index (κ2) is 6.30. The minimum absolute atomic E-state index is 0.240. The van der Waals surface area contributed by atoms with Gasteiger partial charge in [0.05, 0.1) is 29.4 Å². The van der Waals surface area contributed by atoms with Crippen molar-refractivity contribution in [3.05, 3.63) is 63.7 Å². The number of halogens is 1. The van der Waals surface area contributed by atoms with Crippen LogP contribution in [0.4, 0.5) is 4.39 Å². The van der Waals surface area contributed by atoms with E-state index in [1.807, 2.05) is 29.6 Å². The Labute approximate surface area is 146 Å². The van der Waals surface area contributed by atoms with Crippen LogP contribution in [0.1, 0.15) is 10.0 Å². The molecular formula is C18H13FN2OS2. The van der Waals surface area contributed by atoms with Crippen molar-refractivity contribution < 1.29 is 9.13 Å². The molecule has 0 atom stereocenters. The molecule has 0 aliphatic heterocycles. The van der Waals surface area contributed by atoms with Crippen molar-refractivity contribution in [1.82, 2.24) is 9.97 Å². The lowest BCUT2D eigenvalue weighted by Gasteiger charge is -2.02. The monoisotopic (exact) mass is 356 g/mol. The van der Waals surface area contributed by atoms with Crippen molar-refractivity contribution in [2.45, 2.75) is 6.42 Å². The first-order chi connectivity index (χ1) is 11.7. The minimum atomic E-state index is -0.379. The molecule has 3 nitrogen and oxygen atoms in total. The summed E-state index contributed by atoms with van der Waals surface area (Å²) in [6, 6.07) is 13.0. The van der Waals surface area contributed by atoms with Gasteiger partial charge in [-0.15, -0.1) is 22.7 Å². The van der Waals surface area contributed by atoms with Crippen LogP contribution in [-0.2, 0) is 6.42 Å². The lowest BCUT2D eigenvalue weighted by atomic mass is 10.1. The fraction of sp³-hybridized carbons (Fsp3) is 0.111. The van der Waals surface area contributed by atoms with E-state index in [0.29, 0.717) is 6.42 Å². The molecule has 0 amide bonds. The van der Waals surface area contributed by atoms with Gasteiger partial charge in [0.1, 0.15) is 10.0 Å². The molecule has 0 aliphatic carbocycles. The molecule has 120 valence electrons. The van der Waals surface area contributed by atoms with Crippen molar-refractivity contribution in [3.8, 4) is 17.0 Å². The predicted octanol–water partition coefficient (Wildman–Crippen LogP) is 5.16. The second-order valence-corrected chi connectivity index (χ2v) is 7.29. The zero-order valence-electron chi connectivity index (χ0n) is 12.8. The number of nitrogens with zero attached hydrogens (tertiary/aromatic N) is 2. The molecular weight excluding hydrogens is 343 g/mol. The Hall–Kier alpha value is -2.31. The molecule has 0 radical (unpaired) electrons. The first-order valence-electron chi connectivity index (χ1n) is 7.36. The van der Waals surface area contributed by atoms with Crippen LogP contribution in [0.5, 0.6) is 5.75 Å². The third-order valence-corrected chi connectivity index (χ3v) is 5.53. The zero-order valence-corrected chi connectivity index (χ0v) is 14.5. The molecule has 4 aromatic rings. The third-order valence-electron chi connectivity index (χ3n) is 3.64. The van der Waals surface area contributed by atoms with Gasteiger partial charge in [-0.2, -0.15) is 0 Å². The quantitative estimate of drug-likeness (QED) is 0.507. The Morgan fingerprint density at radius 3 is 2.75 bits per heavy atom. The van der Waals surface area contributed by atoms with Crippen LogP contribution < -0.4 is 4.74 Å². The minimum Gasteiger partial charge on any atom is -0.494 e. The number of aromatic nitrogens is 2. The number of methoxy groups -OCH3 is 1. The normalized spacial score (nSPS) is 11.1. The molecule has 0 fully saturated rings. The van der Waals surface area contributed by atoms with Gasteiger partial charge in [0.15, 0.2) is 11.6 Å². The van der Waals surface area contributed by atoms with E-state index in [0.717, 1.165) is 26.8 Å². The summed E-state index contributed by atoms with van der Waals surface area (Å²) in [6.07, 6.45) is 0.697. The van der Waals surface area contributed by atoms with Crippen LogP contribution in [0.3, 0.4) is 0 Å². The highest BCUT2D eigenvalue weighted by molar-refractivity contribution is 7.18. The summed E-state index contributed by atoms with van der Waals surface area (Å²) in [5.41, 5.74) is 2.55. The van der Waals surface area contributed by atoms with Crippen LogP contribution in [-0.4, -0.2) is 17.1 Å². The summed E-state index contributed by atoms with van der Waals surface area (Å²) < 4.78 is 20.0. The fourth-order valence-corrected chi connectivity index (χ4v) is 4.35. The first kappa shape index (κ1) is 15.2. The second-order valence-electron chi connectivity index (χ2n) is 5.23. The van der Waals surface area contributed by atoms with Crippen LogP contribution in [0.15, 0.2) is 47.8 Å². The lowest BCUT2D eigenvalue weighted by molar-refractivity contribution is 0.386. The Bertz CT molecular complexity index is 976. The maximum Gasteiger partial charge on any atom is 0.165 e. The van der Waals surface area contributed by atoms with Crippen LogP contribution in [0, 0.1) is 5.82 Å². The van der Waals surface area contributed by atoms with E-state index in [4.69, 9.17) is 4.74 Å². The summed E-state index contributed by atoms with van der Waals surface area (Å²) >= 11 is 3.25. The van der Waals surface area contributed by atoms with Gasteiger partial charge in [0, 0.05) is 10.9 Å². The standard InChI is InChI=1S/C18H13FN2OS2/c1-22-15-7-6-11(8-12(15)19)14-10-23-17(21-14)9-18-20-13-4-2-3-5-16(13)24-18/h2-8,10H,9H2,1H3. The number of ether oxygens (including phenoxy) is 1. The number of hydrogen-bond donors (Lipinski definition) is 0. The van der Waals surface area contributed by atoms with Gasteiger partial charge in [-0.3, -0.25) is 0 Å². The molecule has 0 unspecified atom stereocenters. The number of benzene rings is 2. The average molecular weight is 356 g/mol. The molecule has 0 bridgehead atoms. The third kappa shape index (κ3) is 2.90. The average Bonchev–Trinajstić information content (AvgIpc) is 3.21. The zero-order chi connectivity index (χ0) is 16.5. The van der Waals surface area contributed by atoms with Gasteiger partial charge >= 0.3 is 0 Å². The van der Waals surface area contributed by atoms with Crippen molar-refractivity contribution in [2.75, 3.05) is 7.11 Å².